The van der Waals surface area contributed by atoms with Crippen LogP contribution in [0, 0.1) is 56.7 Å². The molecule has 6 heteroatoms. The minimum Gasteiger partial charge on any atom is -0.469 e. The fourth-order valence-electron chi connectivity index (χ4n) is 11.4. The van der Waals surface area contributed by atoms with Crippen LogP contribution in [0.2, 0.25) is 0 Å². The molecule has 1 unspecified atom stereocenters. The number of ketones is 2. The molecule has 0 aromatic carbocycles. The third-order valence-electron chi connectivity index (χ3n) is 13.7. The lowest BCUT2D eigenvalue weighted by molar-refractivity contribution is -0.189. The number of allylic oxidation sites excluding steroid dienone is 3. The largest absolute Gasteiger partial charge is 0.469 e. The summed E-state index contributed by atoms with van der Waals surface area (Å²) >= 11 is 0. The first kappa shape index (κ1) is 28.6. The third-order valence-corrected chi connectivity index (χ3v) is 13.7. The maximum Gasteiger partial charge on any atom is 0.312 e. The molecule has 0 amide bonds. The Bertz CT molecular complexity index is 1360. The number of carbonyl (C=O) groups is 3. The molecule has 0 bridgehead atoms. The Kier molecular flexibility index (Phi) is 6.28. The quantitative estimate of drug-likeness (QED) is 0.290. The third kappa shape index (κ3) is 3.54. The number of Topliss-reactive ketones (excluding diaryl/α,β-unsaturated/α-hetero) is 1. The normalized spacial score (nSPS) is 46.1. The van der Waals surface area contributed by atoms with Gasteiger partial charge in [0.05, 0.1) is 18.9 Å². The summed E-state index contributed by atoms with van der Waals surface area (Å²) in [6.07, 6.45) is 15.2. The van der Waals surface area contributed by atoms with E-state index in [1.807, 2.05) is 23.0 Å². The average Bonchev–Trinajstić information content (AvgIpc) is 3.42. The van der Waals surface area contributed by atoms with Crippen molar-refractivity contribution in [2.24, 2.45) is 56.7 Å². The maximum atomic E-state index is 14.7. The van der Waals surface area contributed by atoms with E-state index in [1.54, 1.807) is 12.5 Å². The SMILES string of the molecule is COC(=O)[C@]12CC[C@@H](C)[C@H](C)[C@H]1C1=CC(=O)[C@@H]3[C@@]4(C)C/C(=C/n5ccnc5)C(=O)C(C)(C)C4CC[C@@]3(C)[C@]1(C)CC2. The molecule has 6 rings (SSSR count). The highest BCUT2D eigenvalue weighted by Crippen LogP contribution is 2.75. The van der Waals surface area contributed by atoms with Crippen molar-refractivity contribution in [1.29, 1.82) is 0 Å². The lowest BCUT2D eigenvalue weighted by Gasteiger charge is -2.70. The Morgan fingerprint density at radius 3 is 2.44 bits per heavy atom. The Balaban J connectivity index is 1.50. The molecule has 1 heterocycles. The molecule has 6 nitrogen and oxygen atoms in total. The number of fused-ring (bicyclic) bond motifs is 7. The standard InChI is InChI=1S/C35H48N2O4/c1-21-9-12-35(30(40)41-8)14-13-33(6)24(27(35)22(21)2)17-25(38)28-32(5)18-23(19-37-16-15-36-20-37)29(39)31(3,4)26(32)10-11-34(28,33)7/h15-17,19-22,26-28H,9-14,18H2,1-8H3/b23-19-/t21-,22+,26?,27+,28-,32+,33-,34-,35+/m1/s1. The molecule has 5 aliphatic carbocycles. The predicted molar refractivity (Wildman–Crippen MR) is 158 cm³/mol. The van der Waals surface area contributed by atoms with E-state index >= 15 is 0 Å². The van der Waals surface area contributed by atoms with Crippen molar-refractivity contribution in [2.75, 3.05) is 7.11 Å². The zero-order chi connectivity index (χ0) is 29.8. The second kappa shape index (κ2) is 9.00. The Hall–Kier alpha value is -2.50. The molecule has 5 aliphatic rings. The van der Waals surface area contributed by atoms with Crippen molar-refractivity contribution in [2.45, 2.75) is 93.4 Å². The molecule has 0 radical (unpaired) electrons. The Labute approximate surface area is 245 Å². The first-order valence-corrected chi connectivity index (χ1v) is 15.7. The summed E-state index contributed by atoms with van der Waals surface area (Å²) in [7, 11) is 1.52. The number of ether oxygens (including phenoxy) is 1. The van der Waals surface area contributed by atoms with Crippen LogP contribution in [0.25, 0.3) is 6.20 Å². The monoisotopic (exact) mass is 560 g/mol. The van der Waals surface area contributed by atoms with Gasteiger partial charge in [0.1, 0.15) is 0 Å². The molecule has 41 heavy (non-hydrogen) atoms. The number of hydrogen-bond acceptors (Lipinski definition) is 5. The Morgan fingerprint density at radius 2 is 1.78 bits per heavy atom. The summed E-state index contributed by atoms with van der Waals surface area (Å²) in [5.41, 5.74) is 0.0565. The summed E-state index contributed by atoms with van der Waals surface area (Å²) in [5, 5.41) is 0. The smallest absolute Gasteiger partial charge is 0.312 e. The van der Waals surface area contributed by atoms with Gasteiger partial charge in [0, 0.05) is 35.5 Å². The molecule has 0 N–H and O–H groups in total. The zero-order valence-electron chi connectivity index (χ0n) is 26.3. The van der Waals surface area contributed by atoms with Crippen LogP contribution in [0.4, 0.5) is 0 Å². The molecule has 0 spiro atoms. The van der Waals surface area contributed by atoms with Crippen molar-refractivity contribution in [3.05, 3.63) is 35.9 Å². The van der Waals surface area contributed by atoms with Gasteiger partial charge in [-0.05, 0) is 90.9 Å². The van der Waals surface area contributed by atoms with Gasteiger partial charge in [-0.1, -0.05) is 54.0 Å². The van der Waals surface area contributed by atoms with E-state index in [9.17, 15) is 14.4 Å². The second-order valence-electron chi connectivity index (χ2n) is 15.7. The van der Waals surface area contributed by atoms with Crippen LogP contribution in [0.3, 0.4) is 0 Å². The molecule has 1 aromatic heterocycles. The van der Waals surface area contributed by atoms with E-state index in [1.165, 1.54) is 12.7 Å². The van der Waals surface area contributed by atoms with E-state index in [4.69, 9.17) is 4.74 Å². The minimum absolute atomic E-state index is 0.0192. The highest BCUT2D eigenvalue weighted by molar-refractivity contribution is 6.04. The lowest BCUT2D eigenvalue weighted by atomic mass is 9.33. The number of methoxy groups -OCH3 is 1. The van der Waals surface area contributed by atoms with Gasteiger partial charge in [-0.15, -0.1) is 0 Å². The van der Waals surface area contributed by atoms with Crippen molar-refractivity contribution in [1.82, 2.24) is 9.55 Å². The summed E-state index contributed by atoms with van der Waals surface area (Å²) in [6, 6.07) is 0. The molecule has 222 valence electrons. The van der Waals surface area contributed by atoms with Crippen LogP contribution in [-0.4, -0.2) is 34.2 Å². The first-order chi connectivity index (χ1) is 19.2. The summed E-state index contributed by atoms with van der Waals surface area (Å²) < 4.78 is 7.34. The highest BCUT2D eigenvalue weighted by atomic mass is 16.5. The van der Waals surface area contributed by atoms with Gasteiger partial charge in [-0.2, -0.15) is 0 Å². The van der Waals surface area contributed by atoms with Crippen molar-refractivity contribution in [3.8, 4) is 0 Å². The highest BCUT2D eigenvalue weighted by Gasteiger charge is 2.72. The number of esters is 1. The summed E-state index contributed by atoms with van der Waals surface area (Å²) in [6.45, 7) is 15.8. The number of hydrogen-bond donors (Lipinski definition) is 0. The molecular formula is C35H48N2O4. The number of nitrogens with zero attached hydrogens (tertiary/aromatic N) is 2. The predicted octanol–water partition coefficient (Wildman–Crippen LogP) is 6.91. The summed E-state index contributed by atoms with van der Waals surface area (Å²) in [5.74, 6) is 1.02. The molecule has 0 saturated heterocycles. The van der Waals surface area contributed by atoms with E-state index in [0.717, 1.165) is 44.1 Å². The Morgan fingerprint density at radius 1 is 1.05 bits per heavy atom. The van der Waals surface area contributed by atoms with Crippen molar-refractivity contribution < 1.29 is 19.1 Å². The summed E-state index contributed by atoms with van der Waals surface area (Å²) in [4.78, 5) is 46.3. The van der Waals surface area contributed by atoms with E-state index in [0.29, 0.717) is 18.3 Å². The van der Waals surface area contributed by atoms with Crippen LogP contribution >= 0.6 is 0 Å². The van der Waals surface area contributed by atoms with Crippen LogP contribution in [0.5, 0.6) is 0 Å². The number of imidazole rings is 1. The lowest BCUT2D eigenvalue weighted by Crippen LogP contribution is -2.67. The van der Waals surface area contributed by atoms with Crippen LogP contribution in [-0.2, 0) is 19.1 Å². The van der Waals surface area contributed by atoms with Gasteiger partial charge in [0.2, 0.25) is 0 Å². The molecule has 4 saturated carbocycles. The van der Waals surface area contributed by atoms with E-state index in [-0.39, 0.29) is 51.5 Å². The molecule has 9 atom stereocenters. The number of carbonyl (C=O) groups excluding carboxylic acids is 3. The van der Waals surface area contributed by atoms with Gasteiger partial charge < -0.3 is 9.30 Å². The van der Waals surface area contributed by atoms with E-state index < -0.39 is 10.8 Å². The minimum atomic E-state index is -0.564. The fourth-order valence-corrected chi connectivity index (χ4v) is 11.4. The van der Waals surface area contributed by atoms with E-state index in [2.05, 4.69) is 53.5 Å². The number of aromatic nitrogens is 2. The van der Waals surface area contributed by atoms with Crippen LogP contribution < -0.4 is 0 Å². The van der Waals surface area contributed by atoms with Crippen LogP contribution in [0.1, 0.15) is 93.4 Å². The maximum absolute atomic E-state index is 14.7. The topological polar surface area (TPSA) is 78.3 Å². The van der Waals surface area contributed by atoms with Gasteiger partial charge in [0.25, 0.3) is 0 Å². The van der Waals surface area contributed by atoms with Crippen LogP contribution in [0.15, 0.2) is 35.9 Å². The first-order valence-electron chi connectivity index (χ1n) is 15.7. The fraction of sp³-hybridized carbons (Fsp3) is 0.714. The molecule has 4 fully saturated rings. The van der Waals surface area contributed by atoms with Gasteiger partial charge in [-0.3, -0.25) is 14.4 Å². The molecule has 0 aliphatic heterocycles. The average molecular weight is 561 g/mol. The van der Waals surface area contributed by atoms with Gasteiger partial charge >= 0.3 is 5.97 Å². The zero-order valence-corrected chi connectivity index (χ0v) is 26.3. The van der Waals surface area contributed by atoms with Crippen molar-refractivity contribution in [3.63, 3.8) is 0 Å². The van der Waals surface area contributed by atoms with Gasteiger partial charge in [0.15, 0.2) is 11.6 Å². The second-order valence-corrected chi connectivity index (χ2v) is 15.7. The molecular weight excluding hydrogens is 512 g/mol. The van der Waals surface area contributed by atoms with Crippen molar-refractivity contribution >= 4 is 23.7 Å². The number of rotatable bonds is 2. The van der Waals surface area contributed by atoms with Gasteiger partial charge in [-0.25, -0.2) is 4.98 Å². The molecule has 1 aromatic rings.